The molecule has 0 amide bonds. The topological polar surface area (TPSA) is 3.24 Å². The van der Waals surface area contributed by atoms with Crippen LogP contribution in [0.3, 0.4) is 0 Å². The van der Waals surface area contributed by atoms with Gasteiger partial charge in [0, 0.05) is 18.0 Å². The van der Waals surface area contributed by atoms with Crippen molar-refractivity contribution >= 4 is 17.5 Å². The van der Waals surface area contributed by atoms with Gasteiger partial charge >= 0.3 is 0 Å². The molecule has 0 radical (unpaired) electrons. The molecule has 1 heterocycles. The maximum atomic E-state index is 6.08. The Morgan fingerprint density at radius 3 is 2.92 bits per heavy atom. The minimum atomic E-state index is 1.04. The molecule has 1 nitrogen and oxygen atoms in total. The number of rotatable bonds is 1. The molecule has 13 heavy (non-hydrogen) atoms. The van der Waals surface area contributed by atoms with E-state index in [9.17, 15) is 0 Å². The Balaban J connectivity index is 2.40. The SMILES string of the molecule is CCC1=CN(Cl)c2ccccc2C1. The molecule has 0 fully saturated rings. The van der Waals surface area contributed by atoms with Crippen LogP contribution >= 0.6 is 11.8 Å². The van der Waals surface area contributed by atoms with E-state index in [1.165, 1.54) is 11.1 Å². The van der Waals surface area contributed by atoms with Gasteiger partial charge in [-0.2, -0.15) is 0 Å². The highest BCUT2D eigenvalue weighted by atomic mass is 35.5. The number of allylic oxidation sites excluding steroid dienone is 1. The van der Waals surface area contributed by atoms with Crippen molar-refractivity contribution in [1.82, 2.24) is 0 Å². The van der Waals surface area contributed by atoms with Gasteiger partial charge in [0.05, 0.1) is 5.69 Å². The molecule has 0 unspecified atom stereocenters. The van der Waals surface area contributed by atoms with Gasteiger partial charge in [-0.25, -0.2) is 0 Å². The van der Waals surface area contributed by atoms with Crippen LogP contribution in [-0.4, -0.2) is 0 Å². The van der Waals surface area contributed by atoms with Crippen molar-refractivity contribution in [1.29, 1.82) is 0 Å². The fourth-order valence-electron chi connectivity index (χ4n) is 1.61. The third-order valence-corrected chi connectivity index (χ3v) is 2.67. The third kappa shape index (κ3) is 1.56. The Labute approximate surface area is 83.7 Å². The molecule has 0 aromatic heterocycles. The van der Waals surface area contributed by atoms with Crippen LogP contribution in [0.2, 0.25) is 0 Å². The fraction of sp³-hybridized carbons (Fsp3) is 0.273. The van der Waals surface area contributed by atoms with Crippen LogP contribution in [0.25, 0.3) is 0 Å². The molecule has 0 aliphatic carbocycles. The zero-order valence-corrected chi connectivity index (χ0v) is 8.38. The van der Waals surface area contributed by atoms with Crippen LogP contribution in [0.4, 0.5) is 5.69 Å². The summed E-state index contributed by atoms with van der Waals surface area (Å²) in [5, 5.41) is 0. The highest BCUT2D eigenvalue weighted by Crippen LogP contribution is 2.30. The largest absolute Gasteiger partial charge is 0.261 e. The molecule has 0 saturated heterocycles. The second-order valence-electron chi connectivity index (χ2n) is 3.26. The van der Waals surface area contributed by atoms with Crippen LogP contribution in [0.1, 0.15) is 18.9 Å². The zero-order valence-electron chi connectivity index (χ0n) is 7.63. The Morgan fingerprint density at radius 1 is 1.38 bits per heavy atom. The lowest BCUT2D eigenvalue weighted by atomic mass is 9.99. The molecular weight excluding hydrogens is 182 g/mol. The number of hydrogen-bond acceptors (Lipinski definition) is 1. The Hall–Kier alpha value is -0.950. The Kier molecular flexibility index (Phi) is 2.28. The lowest BCUT2D eigenvalue weighted by Crippen LogP contribution is -2.11. The summed E-state index contributed by atoms with van der Waals surface area (Å²) in [7, 11) is 0. The summed E-state index contributed by atoms with van der Waals surface area (Å²) in [6.45, 7) is 2.16. The first-order chi connectivity index (χ1) is 6.31. The first kappa shape index (κ1) is 8.64. The summed E-state index contributed by atoms with van der Waals surface area (Å²) in [6, 6.07) is 8.25. The molecule has 0 atom stereocenters. The van der Waals surface area contributed by atoms with Gasteiger partial charge in [-0.05, 0) is 30.0 Å². The van der Waals surface area contributed by atoms with E-state index in [2.05, 4.69) is 19.1 Å². The molecule has 0 saturated carbocycles. The Bertz CT molecular complexity index is 344. The lowest BCUT2D eigenvalue weighted by molar-refractivity contribution is 0.970. The predicted octanol–water partition coefficient (Wildman–Crippen LogP) is 3.50. The lowest BCUT2D eigenvalue weighted by Gasteiger charge is -2.22. The first-order valence-electron chi connectivity index (χ1n) is 4.53. The normalized spacial score (nSPS) is 15.2. The highest BCUT2D eigenvalue weighted by molar-refractivity contribution is 6.27. The van der Waals surface area contributed by atoms with Gasteiger partial charge in [-0.15, -0.1) is 0 Å². The van der Waals surface area contributed by atoms with E-state index in [0.717, 1.165) is 18.5 Å². The second-order valence-corrected chi connectivity index (χ2v) is 3.62. The molecular formula is C11H12ClN. The van der Waals surface area contributed by atoms with Crippen LogP contribution < -0.4 is 4.42 Å². The third-order valence-electron chi connectivity index (χ3n) is 2.39. The van der Waals surface area contributed by atoms with Gasteiger partial charge in [0.1, 0.15) is 0 Å². The number of hydrogen-bond donors (Lipinski definition) is 0. The summed E-state index contributed by atoms with van der Waals surface area (Å²) < 4.78 is 1.69. The van der Waals surface area contributed by atoms with Gasteiger partial charge < -0.3 is 0 Å². The average molecular weight is 194 g/mol. The summed E-state index contributed by atoms with van der Waals surface area (Å²) in [6.07, 6.45) is 4.12. The first-order valence-corrected chi connectivity index (χ1v) is 4.87. The monoisotopic (exact) mass is 193 g/mol. The number of nitrogens with zero attached hydrogens (tertiary/aromatic N) is 1. The quantitative estimate of drug-likeness (QED) is 0.618. The molecule has 0 spiro atoms. The smallest absolute Gasteiger partial charge is 0.0609 e. The van der Waals surface area contributed by atoms with Gasteiger partial charge in [0.15, 0.2) is 0 Å². The maximum absolute atomic E-state index is 6.08. The molecule has 0 bridgehead atoms. The van der Waals surface area contributed by atoms with E-state index in [0.29, 0.717) is 0 Å². The zero-order chi connectivity index (χ0) is 9.26. The van der Waals surface area contributed by atoms with Crippen molar-refractivity contribution in [3.63, 3.8) is 0 Å². The Morgan fingerprint density at radius 2 is 2.15 bits per heavy atom. The van der Waals surface area contributed by atoms with E-state index in [1.807, 2.05) is 18.3 Å². The predicted molar refractivity (Wildman–Crippen MR) is 56.9 cm³/mol. The van der Waals surface area contributed by atoms with Gasteiger partial charge in [0.25, 0.3) is 0 Å². The van der Waals surface area contributed by atoms with Crippen molar-refractivity contribution in [3.05, 3.63) is 41.6 Å². The summed E-state index contributed by atoms with van der Waals surface area (Å²) in [5.41, 5.74) is 3.81. The van der Waals surface area contributed by atoms with E-state index in [4.69, 9.17) is 11.8 Å². The number of fused-ring (bicyclic) bond motifs is 1. The molecule has 0 N–H and O–H groups in total. The molecule has 2 rings (SSSR count). The van der Waals surface area contributed by atoms with Crippen LogP contribution in [0, 0.1) is 0 Å². The highest BCUT2D eigenvalue weighted by Gasteiger charge is 2.13. The van der Waals surface area contributed by atoms with Crippen molar-refractivity contribution in [3.8, 4) is 0 Å². The van der Waals surface area contributed by atoms with Crippen LogP contribution in [0.5, 0.6) is 0 Å². The van der Waals surface area contributed by atoms with Crippen LogP contribution in [0.15, 0.2) is 36.0 Å². The van der Waals surface area contributed by atoms with Crippen molar-refractivity contribution in [2.24, 2.45) is 0 Å². The molecule has 68 valence electrons. The van der Waals surface area contributed by atoms with Crippen LogP contribution in [-0.2, 0) is 6.42 Å². The van der Waals surface area contributed by atoms with Crippen molar-refractivity contribution in [2.45, 2.75) is 19.8 Å². The van der Waals surface area contributed by atoms with Gasteiger partial charge in [0.2, 0.25) is 0 Å². The van der Waals surface area contributed by atoms with E-state index < -0.39 is 0 Å². The summed E-state index contributed by atoms with van der Waals surface area (Å²) in [5.74, 6) is 0. The van der Waals surface area contributed by atoms with Crippen molar-refractivity contribution < 1.29 is 0 Å². The minimum Gasteiger partial charge on any atom is -0.261 e. The standard InChI is InChI=1S/C11H12ClN/c1-2-9-7-10-5-3-4-6-11(10)13(12)8-9/h3-6,8H,2,7H2,1H3. The number of benzene rings is 1. The molecule has 2 heteroatoms. The average Bonchev–Trinajstić information content (AvgIpc) is 2.18. The molecule has 1 aliphatic rings. The van der Waals surface area contributed by atoms with Crippen molar-refractivity contribution in [2.75, 3.05) is 4.42 Å². The second kappa shape index (κ2) is 3.43. The molecule has 1 aromatic carbocycles. The minimum absolute atomic E-state index is 1.04. The molecule has 1 aromatic rings. The van der Waals surface area contributed by atoms with E-state index in [-0.39, 0.29) is 0 Å². The van der Waals surface area contributed by atoms with E-state index in [1.54, 1.807) is 4.42 Å². The van der Waals surface area contributed by atoms with Gasteiger partial charge in [-0.3, -0.25) is 4.42 Å². The summed E-state index contributed by atoms with van der Waals surface area (Å²) >= 11 is 6.08. The van der Waals surface area contributed by atoms with Gasteiger partial charge in [-0.1, -0.05) is 25.1 Å². The van der Waals surface area contributed by atoms with E-state index >= 15 is 0 Å². The number of para-hydroxylation sites is 1. The summed E-state index contributed by atoms with van der Waals surface area (Å²) in [4.78, 5) is 0. The number of halogens is 1. The fourth-order valence-corrected chi connectivity index (χ4v) is 1.91. The molecule has 1 aliphatic heterocycles. The maximum Gasteiger partial charge on any atom is 0.0609 e. The number of anilines is 1.